The van der Waals surface area contributed by atoms with Crippen LogP contribution in [0.4, 0.5) is 0 Å². The molecule has 4 heteroatoms. The molecule has 6 aromatic carbocycles. The summed E-state index contributed by atoms with van der Waals surface area (Å²) in [6.07, 6.45) is 2.36. The van der Waals surface area contributed by atoms with Crippen molar-refractivity contribution in [1.82, 2.24) is 0 Å². The van der Waals surface area contributed by atoms with Crippen LogP contribution in [0.15, 0.2) is 115 Å². The van der Waals surface area contributed by atoms with Gasteiger partial charge < -0.3 is 0 Å². The molecule has 0 aliphatic heterocycles. The Kier molecular flexibility index (Phi) is 15.2. The average Bonchev–Trinajstić information content (AvgIpc) is 3.64. The standard InChI is InChI=1S/C19H19.C18H17.C2H6Si.2ClH.Zr/c1-3-7-15-10-11-17(16-8-5-4-6-9-16)19-13-14(2)12-18(15)19;1-13(2)16-11-15-9-6-10-17(18(15)12-16)14-7-4-3-5-8-14;1-3-2;;;/h4-6,8-13H,3,7H2,1-2H3;3-13H,1-2H3;1-2H3;2*1H;/q2*-1;;;;+4/p-2. The third-order valence-corrected chi connectivity index (χ3v) is 7.25. The molecule has 6 aromatic rings. The van der Waals surface area contributed by atoms with Crippen LogP contribution in [-0.4, -0.2) is 9.52 Å². The summed E-state index contributed by atoms with van der Waals surface area (Å²) in [5.41, 5.74) is 9.54. The monoisotopic (exact) mass is 698 g/mol. The topological polar surface area (TPSA) is 0 Å². The van der Waals surface area contributed by atoms with Crippen LogP contribution in [0.5, 0.6) is 0 Å². The van der Waals surface area contributed by atoms with Gasteiger partial charge in [-0.2, -0.15) is 12.1 Å². The molecule has 0 atom stereocenters. The summed E-state index contributed by atoms with van der Waals surface area (Å²) >= 11 is -0.826. The van der Waals surface area contributed by atoms with Gasteiger partial charge in [-0.25, -0.2) is 0 Å². The van der Waals surface area contributed by atoms with Crippen molar-refractivity contribution < 1.29 is 20.8 Å². The van der Waals surface area contributed by atoms with Crippen LogP contribution >= 0.6 is 17.0 Å². The fourth-order valence-corrected chi connectivity index (χ4v) is 5.32. The van der Waals surface area contributed by atoms with Gasteiger partial charge in [-0.1, -0.05) is 138 Å². The van der Waals surface area contributed by atoms with Crippen molar-refractivity contribution in [2.75, 3.05) is 0 Å². The summed E-state index contributed by atoms with van der Waals surface area (Å²) in [4.78, 5) is 0. The molecule has 0 N–H and O–H groups in total. The molecule has 0 nitrogen and oxygen atoms in total. The molecule has 2 radical (unpaired) electrons. The van der Waals surface area contributed by atoms with E-state index in [4.69, 9.17) is 17.0 Å². The van der Waals surface area contributed by atoms with Gasteiger partial charge in [-0.3, -0.25) is 0 Å². The zero-order valence-corrected chi connectivity index (χ0v) is 31.2. The molecule has 0 spiro atoms. The molecule has 0 heterocycles. The Labute approximate surface area is 280 Å². The third-order valence-electron chi connectivity index (χ3n) is 7.25. The summed E-state index contributed by atoms with van der Waals surface area (Å²) < 4.78 is 0. The van der Waals surface area contributed by atoms with E-state index in [9.17, 15) is 0 Å². The first-order valence-corrected chi connectivity index (χ1v) is 23.2. The maximum absolute atomic E-state index is 4.93. The van der Waals surface area contributed by atoms with Gasteiger partial charge in [0.1, 0.15) is 0 Å². The summed E-state index contributed by atoms with van der Waals surface area (Å²) in [7, 11) is 11.0. The second kappa shape index (κ2) is 18.6. The molecule has 0 aliphatic rings. The van der Waals surface area contributed by atoms with E-state index in [2.05, 4.69) is 156 Å². The number of halogens is 2. The van der Waals surface area contributed by atoms with Crippen LogP contribution in [0.3, 0.4) is 0 Å². The summed E-state index contributed by atoms with van der Waals surface area (Å²) in [6, 6.07) is 41.7. The van der Waals surface area contributed by atoms with E-state index >= 15 is 0 Å². The first-order valence-electron chi connectivity index (χ1n) is 14.9. The van der Waals surface area contributed by atoms with Gasteiger partial charge in [0, 0.05) is 9.52 Å². The van der Waals surface area contributed by atoms with Gasteiger partial charge in [0.2, 0.25) is 0 Å². The van der Waals surface area contributed by atoms with Crippen molar-refractivity contribution in [3.8, 4) is 22.3 Å². The number of hydrogen-bond acceptors (Lipinski definition) is 0. The zero-order chi connectivity index (χ0) is 31.2. The van der Waals surface area contributed by atoms with Gasteiger partial charge >= 0.3 is 37.9 Å². The van der Waals surface area contributed by atoms with Gasteiger partial charge in [-0.05, 0) is 17.0 Å². The minimum atomic E-state index is -0.826. The molecular weight excluding hydrogens is 659 g/mol. The second-order valence-corrected chi connectivity index (χ2v) is 15.7. The summed E-state index contributed by atoms with van der Waals surface area (Å²) in [5, 5.41) is 5.54. The average molecular weight is 701 g/mol. The van der Waals surface area contributed by atoms with Crippen molar-refractivity contribution in [3.05, 3.63) is 132 Å². The van der Waals surface area contributed by atoms with Gasteiger partial charge in [-0.15, -0.1) is 68.6 Å². The predicted molar refractivity (Wildman–Crippen MR) is 192 cm³/mol. The first-order chi connectivity index (χ1) is 20.9. The molecule has 0 aromatic heterocycles. The molecule has 0 saturated heterocycles. The number of fused-ring (bicyclic) bond motifs is 2. The Balaban J connectivity index is 0.000000200. The molecule has 0 amide bonds. The fraction of sp³-hybridized carbons (Fsp3) is 0.231. The molecule has 0 aliphatic carbocycles. The van der Waals surface area contributed by atoms with E-state index in [0.717, 1.165) is 15.9 Å². The number of aryl methyl sites for hydroxylation is 2. The summed E-state index contributed by atoms with van der Waals surface area (Å²) in [5.74, 6) is 0.584. The Morgan fingerprint density at radius 1 is 0.721 bits per heavy atom. The minimum absolute atomic E-state index is 0.584. The second-order valence-electron chi connectivity index (χ2n) is 10.9. The third kappa shape index (κ3) is 9.89. The molecule has 0 saturated carbocycles. The zero-order valence-electron chi connectivity index (χ0n) is 26.2. The van der Waals surface area contributed by atoms with Gasteiger partial charge in [0.05, 0.1) is 0 Å². The van der Waals surface area contributed by atoms with Crippen LogP contribution in [-0.2, 0) is 27.3 Å². The van der Waals surface area contributed by atoms with Gasteiger partial charge in [0.15, 0.2) is 0 Å². The van der Waals surface area contributed by atoms with E-state index in [0.29, 0.717) is 5.92 Å². The van der Waals surface area contributed by atoms with Crippen molar-refractivity contribution in [2.45, 2.75) is 59.5 Å². The normalized spacial score (nSPS) is 10.3. The Bertz CT molecular complexity index is 1650. The SMILES string of the molecule is CC(C)c1cc2c(-c3ccccc3)cccc2[cH-]1.CCCc1ccc(-c2ccccc2)c2cc(C)[cH-]c12.C[Si]C.[Cl][Zr+2][Cl]. The molecule has 0 unspecified atom stereocenters. The summed E-state index contributed by atoms with van der Waals surface area (Å²) in [6.45, 7) is 13.2. The quantitative estimate of drug-likeness (QED) is 0.124. The van der Waals surface area contributed by atoms with E-state index in [1.54, 1.807) is 0 Å². The van der Waals surface area contributed by atoms with Crippen LogP contribution in [0.2, 0.25) is 13.1 Å². The predicted octanol–water partition coefficient (Wildman–Crippen LogP) is 13.0. The maximum atomic E-state index is 4.93. The number of benzene rings is 4. The van der Waals surface area contributed by atoms with Gasteiger partial charge in [0.25, 0.3) is 0 Å². The van der Waals surface area contributed by atoms with Crippen LogP contribution < -0.4 is 0 Å². The van der Waals surface area contributed by atoms with Crippen molar-refractivity contribution in [3.63, 3.8) is 0 Å². The molecule has 220 valence electrons. The Morgan fingerprint density at radius 2 is 1.28 bits per heavy atom. The van der Waals surface area contributed by atoms with Crippen molar-refractivity contribution in [2.24, 2.45) is 0 Å². The van der Waals surface area contributed by atoms with Crippen LogP contribution in [0, 0.1) is 6.92 Å². The molecular formula is C39H42Cl2SiZr. The molecule has 6 rings (SSSR count). The fourth-order valence-electron chi connectivity index (χ4n) is 5.32. The molecule has 43 heavy (non-hydrogen) atoms. The van der Waals surface area contributed by atoms with E-state index in [1.165, 1.54) is 66.9 Å². The van der Waals surface area contributed by atoms with Crippen molar-refractivity contribution >= 4 is 48.1 Å². The van der Waals surface area contributed by atoms with E-state index < -0.39 is 20.8 Å². The number of hydrogen-bond donors (Lipinski definition) is 0. The van der Waals surface area contributed by atoms with E-state index in [-0.39, 0.29) is 0 Å². The molecule has 0 bridgehead atoms. The first kappa shape index (κ1) is 35.3. The molecule has 0 fully saturated rings. The van der Waals surface area contributed by atoms with Crippen LogP contribution in [0.1, 0.15) is 49.8 Å². The van der Waals surface area contributed by atoms with E-state index in [1.807, 2.05) is 0 Å². The number of rotatable bonds is 5. The Morgan fingerprint density at radius 3 is 1.81 bits per heavy atom. The van der Waals surface area contributed by atoms with Crippen LogP contribution in [0.25, 0.3) is 43.8 Å². The van der Waals surface area contributed by atoms with Crippen molar-refractivity contribution in [1.29, 1.82) is 0 Å². The Hall–Kier alpha value is -2.22.